The van der Waals surface area contributed by atoms with Crippen LogP contribution in [0.15, 0.2) is 18.2 Å². The van der Waals surface area contributed by atoms with Gasteiger partial charge in [0.25, 0.3) is 0 Å². The van der Waals surface area contributed by atoms with Gasteiger partial charge in [-0.25, -0.2) is 0 Å². The Balaban J connectivity index is 2.90. The molecular formula is C12H18BrNO. The van der Waals surface area contributed by atoms with Gasteiger partial charge in [0.05, 0.1) is 11.6 Å². The molecule has 0 amide bonds. The molecule has 0 aromatic heterocycles. The van der Waals surface area contributed by atoms with E-state index < -0.39 is 0 Å². The van der Waals surface area contributed by atoms with Crippen LogP contribution in [0.2, 0.25) is 0 Å². The van der Waals surface area contributed by atoms with Crippen molar-refractivity contribution in [3.8, 4) is 5.75 Å². The van der Waals surface area contributed by atoms with Gasteiger partial charge in [0, 0.05) is 0 Å². The van der Waals surface area contributed by atoms with Crippen molar-refractivity contribution in [2.24, 2.45) is 0 Å². The Hall–Kier alpha value is -0.540. The number of benzene rings is 1. The van der Waals surface area contributed by atoms with Crippen LogP contribution < -0.4 is 4.74 Å². The predicted molar refractivity (Wildman–Crippen MR) is 67.7 cm³/mol. The minimum Gasteiger partial charge on any atom is -0.494 e. The zero-order valence-corrected chi connectivity index (χ0v) is 11.3. The lowest BCUT2D eigenvalue weighted by Gasteiger charge is -2.19. The van der Waals surface area contributed by atoms with E-state index in [2.05, 4.69) is 39.9 Å². The summed E-state index contributed by atoms with van der Waals surface area (Å²) in [5.41, 5.74) is 2.43. The first kappa shape index (κ1) is 12.5. The fraction of sp³-hybridized carbons (Fsp3) is 0.500. The van der Waals surface area contributed by atoms with Crippen LogP contribution in [-0.2, 0) is 0 Å². The van der Waals surface area contributed by atoms with E-state index >= 15 is 0 Å². The average molecular weight is 272 g/mol. The fourth-order valence-electron chi connectivity index (χ4n) is 1.44. The molecule has 2 nitrogen and oxygen atoms in total. The Bertz CT molecular complexity index is 325. The van der Waals surface area contributed by atoms with Crippen LogP contribution in [0.3, 0.4) is 0 Å². The molecule has 0 aliphatic carbocycles. The maximum atomic E-state index is 5.50. The zero-order chi connectivity index (χ0) is 11.4. The van der Waals surface area contributed by atoms with Gasteiger partial charge in [0.1, 0.15) is 5.75 Å². The molecule has 0 saturated heterocycles. The second-order valence-electron chi connectivity index (χ2n) is 3.76. The van der Waals surface area contributed by atoms with Crippen molar-refractivity contribution in [1.82, 2.24) is 4.90 Å². The minimum absolute atomic E-state index is 0.256. The van der Waals surface area contributed by atoms with Crippen molar-refractivity contribution in [2.75, 3.05) is 20.7 Å². The maximum Gasteiger partial charge on any atom is 0.122 e. The first-order chi connectivity index (χ1) is 7.06. The molecule has 0 aliphatic heterocycles. The summed E-state index contributed by atoms with van der Waals surface area (Å²) in [6.07, 6.45) is 0. The first-order valence-electron chi connectivity index (χ1n) is 5.10. The molecule has 15 heavy (non-hydrogen) atoms. The Morgan fingerprint density at radius 3 is 2.53 bits per heavy atom. The summed E-state index contributed by atoms with van der Waals surface area (Å²) in [7, 11) is 4.09. The second-order valence-corrected chi connectivity index (χ2v) is 4.62. The molecule has 0 heterocycles. The number of halogens is 1. The molecule has 1 aromatic rings. The summed E-state index contributed by atoms with van der Waals surface area (Å²) in [5.74, 6) is 0.972. The summed E-state index contributed by atoms with van der Waals surface area (Å²) >= 11 is 3.63. The van der Waals surface area contributed by atoms with Crippen molar-refractivity contribution >= 4 is 15.9 Å². The number of alkyl halides is 1. The predicted octanol–water partition coefficient (Wildman–Crippen LogP) is 3.35. The number of hydrogen-bond acceptors (Lipinski definition) is 2. The van der Waals surface area contributed by atoms with Gasteiger partial charge >= 0.3 is 0 Å². The number of ether oxygens (including phenoxy) is 1. The molecule has 0 radical (unpaired) electrons. The summed E-state index contributed by atoms with van der Waals surface area (Å²) in [5, 5.41) is 0. The Morgan fingerprint density at radius 1 is 1.40 bits per heavy atom. The SMILES string of the molecule is CCOc1ccc(C(Br)N(C)C)cc1C. The summed E-state index contributed by atoms with van der Waals surface area (Å²) in [6.45, 7) is 4.79. The molecule has 3 heteroatoms. The quantitative estimate of drug-likeness (QED) is 0.615. The lowest BCUT2D eigenvalue weighted by molar-refractivity contribution is 0.337. The Kier molecular flexibility index (Phi) is 4.61. The van der Waals surface area contributed by atoms with Gasteiger partial charge in [-0.15, -0.1) is 0 Å². The van der Waals surface area contributed by atoms with Crippen LogP contribution >= 0.6 is 15.9 Å². The van der Waals surface area contributed by atoms with Crippen LogP contribution in [0.25, 0.3) is 0 Å². The van der Waals surface area contributed by atoms with Gasteiger partial charge < -0.3 is 4.74 Å². The number of aryl methyl sites for hydroxylation is 1. The molecule has 0 N–H and O–H groups in total. The van der Waals surface area contributed by atoms with Crippen LogP contribution in [0.1, 0.15) is 23.0 Å². The van der Waals surface area contributed by atoms with Crippen LogP contribution in [0.5, 0.6) is 5.75 Å². The summed E-state index contributed by atoms with van der Waals surface area (Å²) in [4.78, 5) is 2.38. The van der Waals surface area contributed by atoms with E-state index in [4.69, 9.17) is 4.74 Å². The third-order valence-corrected chi connectivity index (χ3v) is 3.57. The molecule has 1 aromatic carbocycles. The molecule has 1 rings (SSSR count). The van der Waals surface area contributed by atoms with Gasteiger partial charge in [-0.3, -0.25) is 4.90 Å². The van der Waals surface area contributed by atoms with Crippen molar-refractivity contribution in [3.63, 3.8) is 0 Å². The minimum atomic E-state index is 0.256. The normalized spacial score (nSPS) is 12.9. The van der Waals surface area contributed by atoms with Crippen molar-refractivity contribution in [2.45, 2.75) is 18.8 Å². The van der Waals surface area contributed by atoms with E-state index in [0.29, 0.717) is 6.61 Å². The molecule has 1 atom stereocenters. The third-order valence-electron chi connectivity index (χ3n) is 2.23. The summed E-state index contributed by atoms with van der Waals surface area (Å²) < 4.78 is 5.50. The standard InChI is InChI=1S/C12H18BrNO/c1-5-15-11-7-6-10(8-9(11)2)12(13)14(3)4/h6-8,12H,5H2,1-4H3. The van der Waals surface area contributed by atoms with Crippen molar-refractivity contribution in [3.05, 3.63) is 29.3 Å². The van der Waals surface area contributed by atoms with Gasteiger partial charge in [0.15, 0.2) is 0 Å². The molecule has 1 unspecified atom stereocenters. The van der Waals surface area contributed by atoms with E-state index in [9.17, 15) is 0 Å². The number of nitrogens with zero attached hydrogens (tertiary/aromatic N) is 1. The average Bonchev–Trinajstić information content (AvgIpc) is 2.20. The van der Waals surface area contributed by atoms with Gasteiger partial charge in [0.2, 0.25) is 0 Å². The van der Waals surface area contributed by atoms with E-state index in [1.807, 2.05) is 27.1 Å². The summed E-state index contributed by atoms with van der Waals surface area (Å²) in [6, 6.07) is 6.29. The zero-order valence-electron chi connectivity index (χ0n) is 9.75. The molecular weight excluding hydrogens is 254 g/mol. The van der Waals surface area contributed by atoms with Crippen molar-refractivity contribution in [1.29, 1.82) is 0 Å². The molecule has 0 aliphatic rings. The largest absolute Gasteiger partial charge is 0.494 e. The highest BCUT2D eigenvalue weighted by molar-refractivity contribution is 9.09. The smallest absolute Gasteiger partial charge is 0.122 e. The van der Waals surface area contributed by atoms with E-state index in [1.165, 1.54) is 11.1 Å². The maximum absolute atomic E-state index is 5.50. The first-order valence-corrected chi connectivity index (χ1v) is 6.01. The van der Waals surface area contributed by atoms with Crippen molar-refractivity contribution < 1.29 is 4.74 Å². The lowest BCUT2D eigenvalue weighted by atomic mass is 10.1. The third kappa shape index (κ3) is 3.21. The number of rotatable bonds is 4. The Morgan fingerprint density at radius 2 is 2.07 bits per heavy atom. The van der Waals surface area contributed by atoms with E-state index in [-0.39, 0.29) is 4.95 Å². The van der Waals surface area contributed by atoms with Crippen LogP contribution in [-0.4, -0.2) is 25.6 Å². The Labute approximate surface area is 100 Å². The van der Waals surface area contributed by atoms with E-state index in [1.54, 1.807) is 0 Å². The number of hydrogen-bond donors (Lipinski definition) is 0. The highest BCUT2D eigenvalue weighted by Crippen LogP contribution is 2.28. The molecule has 84 valence electrons. The fourth-order valence-corrected chi connectivity index (χ4v) is 1.72. The monoisotopic (exact) mass is 271 g/mol. The van der Waals surface area contributed by atoms with Gasteiger partial charge in [-0.2, -0.15) is 0 Å². The topological polar surface area (TPSA) is 12.5 Å². The highest BCUT2D eigenvalue weighted by atomic mass is 79.9. The highest BCUT2D eigenvalue weighted by Gasteiger charge is 2.10. The molecule has 0 saturated carbocycles. The van der Waals surface area contributed by atoms with E-state index in [0.717, 1.165) is 5.75 Å². The second kappa shape index (κ2) is 5.52. The van der Waals surface area contributed by atoms with Crippen LogP contribution in [0, 0.1) is 6.92 Å². The molecule has 0 spiro atoms. The van der Waals surface area contributed by atoms with Gasteiger partial charge in [-0.1, -0.05) is 22.0 Å². The lowest BCUT2D eigenvalue weighted by Crippen LogP contribution is -2.14. The molecule has 0 fully saturated rings. The van der Waals surface area contributed by atoms with Gasteiger partial charge in [-0.05, 0) is 51.2 Å². The van der Waals surface area contributed by atoms with Crippen LogP contribution in [0.4, 0.5) is 0 Å². The molecule has 0 bridgehead atoms.